The summed E-state index contributed by atoms with van der Waals surface area (Å²) in [6.45, 7) is 0. The second-order valence-electron chi connectivity index (χ2n) is 3.84. The van der Waals surface area contributed by atoms with Crippen LogP contribution >= 0.6 is 22.7 Å². The van der Waals surface area contributed by atoms with Gasteiger partial charge in [-0.25, -0.2) is 4.98 Å². The van der Waals surface area contributed by atoms with Gasteiger partial charge in [0.2, 0.25) is 5.91 Å². The summed E-state index contributed by atoms with van der Waals surface area (Å²) in [6, 6.07) is 3.95. The van der Waals surface area contributed by atoms with E-state index >= 15 is 0 Å². The number of carbonyl (C=O) groups is 2. The average molecular weight is 296 g/mol. The van der Waals surface area contributed by atoms with Gasteiger partial charge in [-0.3, -0.25) is 9.59 Å². The number of amides is 1. The third kappa shape index (κ3) is 4.46. The highest BCUT2D eigenvalue weighted by Gasteiger charge is 2.09. The van der Waals surface area contributed by atoms with Gasteiger partial charge in [-0.15, -0.1) is 22.7 Å². The largest absolute Gasteiger partial charge is 0.481 e. The van der Waals surface area contributed by atoms with Crippen LogP contribution < -0.4 is 5.32 Å². The number of anilines is 1. The fourth-order valence-corrected chi connectivity index (χ4v) is 2.91. The Balaban J connectivity index is 1.81. The Bertz CT molecular complexity index is 563. The number of aromatic nitrogens is 1. The number of nitrogens with zero attached hydrogens (tertiary/aromatic N) is 1. The third-order valence-electron chi connectivity index (χ3n) is 2.31. The number of thiazole rings is 1. The van der Waals surface area contributed by atoms with E-state index in [1.54, 1.807) is 16.7 Å². The first-order chi connectivity index (χ1) is 9.13. The molecule has 2 aromatic heterocycles. The van der Waals surface area contributed by atoms with Gasteiger partial charge < -0.3 is 10.4 Å². The van der Waals surface area contributed by atoms with Crippen molar-refractivity contribution >= 4 is 39.7 Å². The van der Waals surface area contributed by atoms with Gasteiger partial charge in [-0.05, 0) is 17.9 Å². The topological polar surface area (TPSA) is 79.3 Å². The van der Waals surface area contributed by atoms with E-state index in [4.69, 9.17) is 5.11 Å². The van der Waals surface area contributed by atoms with Gasteiger partial charge in [-0.2, -0.15) is 0 Å². The fraction of sp³-hybridized carbons (Fsp3) is 0.250. The second-order valence-corrected chi connectivity index (χ2v) is 5.73. The highest BCUT2D eigenvalue weighted by atomic mass is 32.1. The molecule has 0 fully saturated rings. The van der Waals surface area contributed by atoms with Gasteiger partial charge >= 0.3 is 5.97 Å². The van der Waals surface area contributed by atoms with E-state index < -0.39 is 5.97 Å². The molecule has 0 atom stereocenters. The van der Waals surface area contributed by atoms with E-state index in [0.29, 0.717) is 23.7 Å². The molecule has 2 N–H and O–H groups in total. The Labute approximate surface area is 117 Å². The molecule has 0 unspecified atom stereocenters. The molecule has 0 radical (unpaired) electrons. The molecule has 0 bridgehead atoms. The Hall–Kier alpha value is -1.73. The zero-order chi connectivity index (χ0) is 13.7. The zero-order valence-corrected chi connectivity index (χ0v) is 11.6. The molecule has 100 valence electrons. The lowest BCUT2D eigenvalue weighted by Gasteiger charge is -2.00. The minimum absolute atomic E-state index is 0.107. The predicted molar refractivity (Wildman–Crippen MR) is 74.7 cm³/mol. The van der Waals surface area contributed by atoms with Crippen LogP contribution in [0.1, 0.15) is 17.0 Å². The summed E-state index contributed by atoms with van der Waals surface area (Å²) < 4.78 is 0. The minimum Gasteiger partial charge on any atom is -0.481 e. The molecule has 7 heteroatoms. The summed E-state index contributed by atoms with van der Waals surface area (Å²) in [4.78, 5) is 27.4. The summed E-state index contributed by atoms with van der Waals surface area (Å²) >= 11 is 2.86. The predicted octanol–water partition coefficient (Wildman–Crippen LogP) is 2.40. The molecule has 0 aliphatic carbocycles. The number of hydrogen-bond acceptors (Lipinski definition) is 5. The van der Waals surface area contributed by atoms with Crippen molar-refractivity contribution in [2.24, 2.45) is 0 Å². The van der Waals surface area contributed by atoms with Crippen molar-refractivity contribution in [1.82, 2.24) is 4.98 Å². The van der Waals surface area contributed by atoms with E-state index in [9.17, 15) is 9.59 Å². The smallest absolute Gasteiger partial charge is 0.309 e. The van der Waals surface area contributed by atoms with E-state index in [2.05, 4.69) is 10.3 Å². The van der Waals surface area contributed by atoms with Crippen molar-refractivity contribution in [3.63, 3.8) is 0 Å². The minimum atomic E-state index is -0.930. The van der Waals surface area contributed by atoms with Gasteiger partial charge in [0.25, 0.3) is 0 Å². The summed E-state index contributed by atoms with van der Waals surface area (Å²) in [6.07, 6.45) is 0.979. The van der Waals surface area contributed by atoms with Crippen LogP contribution in [0.15, 0.2) is 22.9 Å². The van der Waals surface area contributed by atoms with Crippen LogP contribution in [0.2, 0.25) is 0 Å². The molecular formula is C12H12N2O3S2. The van der Waals surface area contributed by atoms with Crippen LogP contribution in [0.3, 0.4) is 0 Å². The van der Waals surface area contributed by atoms with Gasteiger partial charge in [0.1, 0.15) is 0 Å². The number of aryl methyl sites for hydroxylation is 1. The number of aliphatic carboxylic acids is 1. The number of carboxylic acids is 1. The molecule has 0 saturated carbocycles. The lowest BCUT2D eigenvalue weighted by Crippen LogP contribution is -2.12. The summed E-state index contributed by atoms with van der Waals surface area (Å²) in [7, 11) is 0. The van der Waals surface area contributed by atoms with Crippen LogP contribution in [0, 0.1) is 0 Å². The molecule has 0 aliphatic heterocycles. The normalized spacial score (nSPS) is 10.3. The quantitative estimate of drug-likeness (QED) is 0.858. The highest BCUT2D eigenvalue weighted by molar-refractivity contribution is 7.14. The van der Waals surface area contributed by atoms with E-state index in [1.165, 1.54) is 16.2 Å². The van der Waals surface area contributed by atoms with Gasteiger partial charge in [0, 0.05) is 16.7 Å². The van der Waals surface area contributed by atoms with Crippen molar-refractivity contribution < 1.29 is 14.7 Å². The van der Waals surface area contributed by atoms with Crippen molar-refractivity contribution in [3.8, 4) is 0 Å². The molecule has 19 heavy (non-hydrogen) atoms. The first-order valence-electron chi connectivity index (χ1n) is 5.62. The summed E-state index contributed by atoms with van der Waals surface area (Å²) in [5.41, 5.74) is 0.464. The van der Waals surface area contributed by atoms with Crippen LogP contribution in [0.25, 0.3) is 0 Å². The van der Waals surface area contributed by atoms with Gasteiger partial charge in [0.15, 0.2) is 5.13 Å². The number of thiophene rings is 1. The monoisotopic (exact) mass is 296 g/mol. The second kappa shape index (κ2) is 6.44. The molecule has 0 aromatic carbocycles. The third-order valence-corrected chi connectivity index (χ3v) is 4.05. The van der Waals surface area contributed by atoms with E-state index in [-0.39, 0.29) is 12.3 Å². The van der Waals surface area contributed by atoms with E-state index in [0.717, 1.165) is 0 Å². The lowest BCUT2D eigenvalue weighted by molar-refractivity contribution is -0.136. The molecule has 2 rings (SSSR count). The lowest BCUT2D eigenvalue weighted by atomic mass is 10.2. The van der Waals surface area contributed by atoms with Gasteiger partial charge in [0.05, 0.1) is 12.1 Å². The van der Waals surface area contributed by atoms with Crippen LogP contribution in [-0.4, -0.2) is 22.0 Å². The Morgan fingerprint density at radius 1 is 1.37 bits per heavy atom. The average Bonchev–Trinajstić information content (AvgIpc) is 2.97. The molecule has 0 aliphatic rings. The number of carbonyl (C=O) groups excluding carboxylic acids is 1. The Morgan fingerprint density at radius 2 is 2.21 bits per heavy atom. The Kier molecular flexibility index (Phi) is 4.64. The van der Waals surface area contributed by atoms with E-state index in [1.807, 2.05) is 17.5 Å². The van der Waals surface area contributed by atoms with Crippen LogP contribution in [0.5, 0.6) is 0 Å². The maximum atomic E-state index is 11.7. The van der Waals surface area contributed by atoms with Gasteiger partial charge in [-0.1, -0.05) is 6.07 Å². The number of carboxylic acid groups (broad SMARTS) is 1. The van der Waals surface area contributed by atoms with Crippen molar-refractivity contribution in [1.29, 1.82) is 0 Å². The summed E-state index contributed by atoms with van der Waals surface area (Å²) in [5, 5.41) is 15.4. The molecular weight excluding hydrogens is 284 g/mol. The summed E-state index contributed by atoms with van der Waals surface area (Å²) in [5.74, 6) is -1.04. The molecule has 1 amide bonds. The first kappa shape index (κ1) is 13.7. The SMILES string of the molecule is O=C(O)Cc1csc(NC(=O)CCc2cccs2)n1. The zero-order valence-electron chi connectivity index (χ0n) is 9.96. The van der Waals surface area contributed by atoms with Crippen molar-refractivity contribution in [3.05, 3.63) is 33.5 Å². The van der Waals surface area contributed by atoms with Crippen LogP contribution in [-0.2, 0) is 22.4 Å². The maximum absolute atomic E-state index is 11.7. The highest BCUT2D eigenvalue weighted by Crippen LogP contribution is 2.17. The van der Waals surface area contributed by atoms with Crippen molar-refractivity contribution in [2.45, 2.75) is 19.3 Å². The molecule has 0 saturated heterocycles. The molecule has 0 spiro atoms. The fourth-order valence-electron chi connectivity index (χ4n) is 1.47. The van der Waals surface area contributed by atoms with Crippen molar-refractivity contribution in [2.75, 3.05) is 5.32 Å². The molecule has 2 aromatic rings. The Morgan fingerprint density at radius 3 is 2.89 bits per heavy atom. The molecule has 5 nitrogen and oxygen atoms in total. The number of rotatable bonds is 6. The van der Waals surface area contributed by atoms with Crippen LogP contribution in [0.4, 0.5) is 5.13 Å². The standard InChI is InChI=1S/C12H12N2O3S2/c15-10(4-3-9-2-1-5-18-9)14-12-13-8(7-19-12)6-11(16)17/h1-2,5,7H,3-4,6H2,(H,16,17)(H,13,14,15). The first-order valence-corrected chi connectivity index (χ1v) is 7.38. The number of nitrogens with one attached hydrogen (secondary N) is 1. The number of hydrogen-bond donors (Lipinski definition) is 2. The maximum Gasteiger partial charge on any atom is 0.309 e. The molecule has 2 heterocycles.